The summed E-state index contributed by atoms with van der Waals surface area (Å²) < 4.78 is 2.44. The predicted molar refractivity (Wildman–Crippen MR) is 171 cm³/mol. The first kappa shape index (κ1) is 24.4. The third-order valence-corrected chi connectivity index (χ3v) is 8.87. The second kappa shape index (κ2) is 9.24. The lowest BCUT2D eigenvalue weighted by Crippen LogP contribution is -2.23. The molecule has 1 unspecified atom stereocenters. The summed E-state index contributed by atoms with van der Waals surface area (Å²) in [6.45, 7) is 11.5. The number of benzene rings is 5. The molecule has 1 aliphatic carbocycles. The van der Waals surface area contributed by atoms with Crippen LogP contribution in [0.3, 0.4) is 0 Å². The van der Waals surface area contributed by atoms with Crippen LogP contribution in [0.4, 0.5) is 0 Å². The summed E-state index contributed by atoms with van der Waals surface area (Å²) in [7, 11) is 0. The average molecular weight is 516 g/mol. The molecule has 0 saturated carbocycles. The summed E-state index contributed by atoms with van der Waals surface area (Å²) in [5, 5.41) is 2.56. The van der Waals surface area contributed by atoms with Gasteiger partial charge in [0.1, 0.15) is 0 Å². The van der Waals surface area contributed by atoms with E-state index in [-0.39, 0.29) is 5.41 Å². The summed E-state index contributed by atoms with van der Waals surface area (Å²) in [6, 6.07) is 42.0. The molecule has 194 valence electrons. The van der Waals surface area contributed by atoms with Crippen molar-refractivity contribution in [3.8, 4) is 16.8 Å². The van der Waals surface area contributed by atoms with Crippen molar-refractivity contribution < 1.29 is 0 Å². The normalized spacial score (nSPS) is 17.7. The first-order chi connectivity index (χ1) is 19.5. The van der Waals surface area contributed by atoms with E-state index in [2.05, 4.69) is 147 Å². The number of hydrogen-bond acceptors (Lipinski definition) is 0. The number of allylic oxidation sites excluding steroid dienone is 3. The molecule has 6 aromatic rings. The second-order valence-electron chi connectivity index (χ2n) is 11.1. The van der Waals surface area contributed by atoms with Crippen LogP contribution < -0.4 is 0 Å². The Labute approximate surface area is 236 Å². The number of fused-ring (bicyclic) bond motifs is 4. The van der Waals surface area contributed by atoms with Crippen LogP contribution in [0.2, 0.25) is 0 Å². The fourth-order valence-corrected chi connectivity index (χ4v) is 6.86. The van der Waals surface area contributed by atoms with Gasteiger partial charge in [-0.1, -0.05) is 105 Å². The van der Waals surface area contributed by atoms with Crippen molar-refractivity contribution in [1.29, 1.82) is 0 Å². The number of rotatable bonds is 4. The van der Waals surface area contributed by atoms with E-state index in [1.807, 2.05) is 0 Å². The summed E-state index contributed by atoms with van der Waals surface area (Å²) >= 11 is 0. The molecular weight excluding hydrogens is 482 g/mol. The third kappa shape index (κ3) is 3.47. The third-order valence-electron chi connectivity index (χ3n) is 8.87. The summed E-state index contributed by atoms with van der Waals surface area (Å²) in [4.78, 5) is 0. The predicted octanol–water partition coefficient (Wildman–Crippen LogP) is 10.4. The zero-order valence-corrected chi connectivity index (χ0v) is 23.4. The van der Waals surface area contributed by atoms with Gasteiger partial charge in [0.05, 0.1) is 11.0 Å². The minimum Gasteiger partial charge on any atom is -0.309 e. The maximum atomic E-state index is 4.73. The average Bonchev–Trinajstić information content (AvgIpc) is 3.42. The summed E-state index contributed by atoms with van der Waals surface area (Å²) in [6.07, 6.45) is 3.34. The highest BCUT2D eigenvalue weighted by atomic mass is 15.0. The molecule has 0 spiro atoms. The second-order valence-corrected chi connectivity index (χ2v) is 11.1. The van der Waals surface area contributed by atoms with E-state index in [9.17, 15) is 0 Å². The van der Waals surface area contributed by atoms with Crippen molar-refractivity contribution in [3.05, 3.63) is 156 Å². The number of nitrogens with zero attached hydrogens (tertiary/aromatic N) is 1. The molecule has 1 heteroatoms. The Hall–Kier alpha value is -4.62. The van der Waals surface area contributed by atoms with Crippen LogP contribution in [0.5, 0.6) is 0 Å². The molecule has 0 aliphatic heterocycles. The molecule has 0 fully saturated rings. The van der Waals surface area contributed by atoms with E-state index in [1.54, 1.807) is 0 Å². The Morgan fingerprint density at radius 3 is 2.23 bits per heavy atom. The van der Waals surface area contributed by atoms with Gasteiger partial charge < -0.3 is 4.57 Å². The maximum Gasteiger partial charge on any atom is 0.0544 e. The number of para-hydroxylation sites is 1. The molecule has 1 aromatic heterocycles. The molecule has 0 saturated heterocycles. The Kier molecular flexibility index (Phi) is 5.64. The zero-order valence-electron chi connectivity index (χ0n) is 23.4. The van der Waals surface area contributed by atoms with E-state index in [4.69, 9.17) is 6.58 Å². The Morgan fingerprint density at radius 2 is 1.43 bits per heavy atom. The molecule has 0 N–H and O–H groups in total. The lowest BCUT2D eigenvalue weighted by molar-refractivity contribution is 0.711. The van der Waals surface area contributed by atoms with E-state index in [1.165, 1.54) is 72.0 Å². The summed E-state index contributed by atoms with van der Waals surface area (Å²) in [5.41, 5.74) is 13.5. The van der Waals surface area contributed by atoms with Gasteiger partial charge in [0.2, 0.25) is 0 Å². The number of aromatic nitrogens is 1. The molecule has 1 heterocycles. The molecular formula is C39H33N. The van der Waals surface area contributed by atoms with Gasteiger partial charge >= 0.3 is 0 Å². The molecule has 0 amide bonds. The Balaban J connectivity index is 1.56. The highest BCUT2D eigenvalue weighted by Crippen LogP contribution is 2.55. The molecule has 7 rings (SSSR count). The first-order valence-electron chi connectivity index (χ1n) is 14.2. The van der Waals surface area contributed by atoms with Crippen molar-refractivity contribution in [2.75, 3.05) is 0 Å². The smallest absolute Gasteiger partial charge is 0.0544 e. The molecule has 40 heavy (non-hydrogen) atoms. The van der Waals surface area contributed by atoms with Crippen LogP contribution in [0.25, 0.3) is 44.2 Å². The Morgan fingerprint density at radius 1 is 0.700 bits per heavy atom. The molecule has 1 nitrogen and oxygen atoms in total. The van der Waals surface area contributed by atoms with Crippen LogP contribution in [-0.4, -0.2) is 4.57 Å². The van der Waals surface area contributed by atoms with Crippen molar-refractivity contribution in [2.24, 2.45) is 0 Å². The van der Waals surface area contributed by atoms with Gasteiger partial charge in [-0.3, -0.25) is 0 Å². The lowest BCUT2D eigenvalue weighted by atomic mass is 9.73. The van der Waals surface area contributed by atoms with Gasteiger partial charge in [-0.05, 0) is 95.1 Å². The van der Waals surface area contributed by atoms with E-state index < -0.39 is 0 Å². The van der Waals surface area contributed by atoms with Gasteiger partial charge in [0.25, 0.3) is 0 Å². The number of aryl methyl sites for hydroxylation is 1. The van der Waals surface area contributed by atoms with Crippen molar-refractivity contribution in [1.82, 2.24) is 4.57 Å². The lowest BCUT2D eigenvalue weighted by Gasteiger charge is -2.30. The van der Waals surface area contributed by atoms with E-state index in [0.717, 1.165) is 6.42 Å². The van der Waals surface area contributed by atoms with Crippen LogP contribution >= 0.6 is 0 Å². The van der Waals surface area contributed by atoms with Gasteiger partial charge in [-0.2, -0.15) is 0 Å². The minimum absolute atomic E-state index is 0.303. The monoisotopic (exact) mass is 515 g/mol. The minimum atomic E-state index is -0.303. The van der Waals surface area contributed by atoms with Gasteiger partial charge in [0.15, 0.2) is 0 Å². The van der Waals surface area contributed by atoms with Gasteiger partial charge in [0, 0.05) is 21.9 Å². The highest BCUT2D eigenvalue weighted by Gasteiger charge is 2.43. The first-order valence-corrected chi connectivity index (χ1v) is 14.2. The largest absolute Gasteiger partial charge is 0.309 e. The molecule has 0 radical (unpaired) electrons. The van der Waals surface area contributed by atoms with Crippen molar-refractivity contribution >= 4 is 27.4 Å². The summed E-state index contributed by atoms with van der Waals surface area (Å²) in [5.74, 6) is 0. The van der Waals surface area contributed by atoms with Crippen LogP contribution in [-0.2, 0) is 5.41 Å². The van der Waals surface area contributed by atoms with Crippen LogP contribution in [0, 0.1) is 6.92 Å². The molecule has 5 aromatic carbocycles. The van der Waals surface area contributed by atoms with Gasteiger partial charge in [-0.25, -0.2) is 0 Å². The standard InChI is InChI=1S/C39H33N/c1-5-14-31-27(3)39(4,35-21-11-9-15-26(35)2)36-25-38-34(24-33(31)36)32-20-10-12-22-37(32)40(38)30-19-13-18-29(23-30)28-16-7-6-8-17-28/h6-25H,3,5H2,1-2,4H3/b31-14+. The van der Waals surface area contributed by atoms with E-state index in [0.29, 0.717) is 0 Å². The van der Waals surface area contributed by atoms with Gasteiger partial charge in [-0.15, -0.1) is 0 Å². The van der Waals surface area contributed by atoms with E-state index >= 15 is 0 Å². The topological polar surface area (TPSA) is 4.93 Å². The fraction of sp³-hybridized carbons (Fsp3) is 0.128. The maximum absolute atomic E-state index is 4.73. The SMILES string of the molecule is C=C1/C(=C\CC)c2cc3c4ccccc4n(-c4cccc(-c5ccccc5)c4)c3cc2C1(C)c1ccccc1C. The quantitative estimate of drug-likeness (QED) is 0.220. The molecule has 0 bridgehead atoms. The Bertz CT molecular complexity index is 1970. The highest BCUT2D eigenvalue weighted by molar-refractivity contribution is 6.12. The fourth-order valence-electron chi connectivity index (χ4n) is 6.86. The van der Waals surface area contributed by atoms with Crippen LogP contribution in [0.15, 0.2) is 133 Å². The van der Waals surface area contributed by atoms with Crippen LogP contribution in [0.1, 0.15) is 42.5 Å². The van der Waals surface area contributed by atoms with Crippen molar-refractivity contribution in [2.45, 2.75) is 32.6 Å². The zero-order chi connectivity index (χ0) is 27.4. The van der Waals surface area contributed by atoms with Crippen molar-refractivity contribution in [3.63, 3.8) is 0 Å². The number of hydrogen-bond donors (Lipinski definition) is 0. The molecule has 1 atom stereocenters. The molecule has 1 aliphatic rings.